The third-order valence-corrected chi connectivity index (χ3v) is 4.13. The van der Waals surface area contributed by atoms with E-state index in [1.54, 1.807) is 23.5 Å². The Hall–Kier alpha value is -1.19. The maximum Gasteiger partial charge on any atom is 0.123 e. The first-order valence-corrected chi connectivity index (χ1v) is 7.60. The normalized spacial score (nSPS) is 12.6. The molecule has 3 heteroatoms. The molecule has 102 valence electrons. The molecule has 2 rings (SSSR count). The Morgan fingerprint density at radius 1 is 1.32 bits per heavy atom. The largest absolute Gasteiger partial charge is 0.310 e. The number of aryl methyl sites for hydroxylation is 1. The second-order valence-electron chi connectivity index (χ2n) is 4.79. The van der Waals surface area contributed by atoms with E-state index in [4.69, 9.17) is 0 Å². The molecule has 0 radical (unpaired) electrons. The summed E-state index contributed by atoms with van der Waals surface area (Å²) in [6.45, 7) is 5.12. The molecule has 1 aromatic heterocycles. The molecule has 0 fully saturated rings. The van der Waals surface area contributed by atoms with Crippen molar-refractivity contribution < 1.29 is 4.39 Å². The van der Waals surface area contributed by atoms with Crippen molar-refractivity contribution in [2.24, 2.45) is 0 Å². The van der Waals surface area contributed by atoms with E-state index in [1.807, 2.05) is 13.0 Å². The molecule has 0 aliphatic heterocycles. The van der Waals surface area contributed by atoms with E-state index in [-0.39, 0.29) is 11.9 Å². The quantitative estimate of drug-likeness (QED) is 0.821. The molecule has 0 saturated heterocycles. The van der Waals surface area contributed by atoms with Crippen LogP contribution in [0.15, 0.2) is 35.7 Å². The molecule has 1 atom stereocenters. The van der Waals surface area contributed by atoms with Crippen LogP contribution >= 0.6 is 11.3 Å². The number of nitrogens with one attached hydrogen (secondary N) is 1. The second kappa shape index (κ2) is 6.83. The van der Waals surface area contributed by atoms with E-state index in [1.165, 1.54) is 10.4 Å². The minimum absolute atomic E-state index is 0.161. The molecule has 0 aliphatic rings. The van der Waals surface area contributed by atoms with E-state index in [0.717, 1.165) is 24.9 Å². The van der Waals surface area contributed by atoms with Crippen LogP contribution in [-0.2, 0) is 6.42 Å². The van der Waals surface area contributed by atoms with Crippen LogP contribution < -0.4 is 5.32 Å². The van der Waals surface area contributed by atoms with Gasteiger partial charge in [0.25, 0.3) is 0 Å². The van der Waals surface area contributed by atoms with Gasteiger partial charge < -0.3 is 5.32 Å². The minimum atomic E-state index is -0.161. The fraction of sp³-hybridized carbons (Fsp3) is 0.375. The van der Waals surface area contributed by atoms with Crippen LogP contribution in [0.4, 0.5) is 4.39 Å². The molecule has 1 unspecified atom stereocenters. The van der Waals surface area contributed by atoms with Gasteiger partial charge in [-0.05, 0) is 54.6 Å². The van der Waals surface area contributed by atoms with Crippen molar-refractivity contribution in [3.63, 3.8) is 0 Å². The molecule has 19 heavy (non-hydrogen) atoms. The van der Waals surface area contributed by atoms with Crippen molar-refractivity contribution in [2.45, 2.75) is 32.7 Å². The third kappa shape index (κ3) is 3.88. The summed E-state index contributed by atoms with van der Waals surface area (Å²) in [6.07, 6.45) is 2.06. The maximum atomic E-state index is 13.2. The Bertz CT molecular complexity index is 507. The molecule has 0 aliphatic carbocycles. The van der Waals surface area contributed by atoms with Crippen LogP contribution in [-0.4, -0.2) is 6.54 Å². The average Bonchev–Trinajstić information content (AvgIpc) is 2.88. The zero-order valence-corrected chi connectivity index (χ0v) is 12.3. The van der Waals surface area contributed by atoms with Crippen LogP contribution in [0.3, 0.4) is 0 Å². The summed E-state index contributed by atoms with van der Waals surface area (Å²) in [5, 5.41) is 5.67. The van der Waals surface area contributed by atoms with Crippen LogP contribution in [0.5, 0.6) is 0 Å². The van der Waals surface area contributed by atoms with Crippen molar-refractivity contribution >= 4 is 11.3 Å². The molecule has 0 saturated carbocycles. The first-order chi connectivity index (χ1) is 9.20. The predicted octanol–water partition coefficient (Wildman–Crippen LogP) is 4.48. The lowest BCUT2D eigenvalue weighted by Crippen LogP contribution is -2.24. The summed E-state index contributed by atoms with van der Waals surface area (Å²) >= 11 is 1.77. The summed E-state index contributed by atoms with van der Waals surface area (Å²) < 4.78 is 13.2. The van der Waals surface area contributed by atoms with Gasteiger partial charge in [0.1, 0.15) is 5.82 Å². The van der Waals surface area contributed by atoms with E-state index in [0.29, 0.717) is 0 Å². The predicted molar refractivity (Wildman–Crippen MR) is 80.2 cm³/mol. The Morgan fingerprint density at radius 3 is 2.79 bits per heavy atom. The number of benzene rings is 1. The van der Waals surface area contributed by atoms with Crippen LogP contribution in [0.2, 0.25) is 0 Å². The first-order valence-electron chi connectivity index (χ1n) is 6.72. The molecular weight excluding hydrogens is 257 g/mol. The molecule has 0 amide bonds. The van der Waals surface area contributed by atoms with Gasteiger partial charge in [0.15, 0.2) is 0 Å². The number of hydrogen-bond donors (Lipinski definition) is 1. The highest BCUT2D eigenvalue weighted by atomic mass is 32.1. The lowest BCUT2D eigenvalue weighted by molar-refractivity contribution is 0.528. The van der Waals surface area contributed by atoms with Gasteiger partial charge in [-0.3, -0.25) is 0 Å². The molecular formula is C16H20FNS. The zero-order chi connectivity index (χ0) is 13.7. The SMILES string of the molecule is CCCNC(Cc1cccs1)c1ccc(F)cc1C. The minimum Gasteiger partial charge on any atom is -0.310 e. The summed E-state index contributed by atoms with van der Waals surface area (Å²) in [6, 6.07) is 9.57. The Morgan fingerprint density at radius 2 is 2.16 bits per heavy atom. The summed E-state index contributed by atoms with van der Waals surface area (Å²) in [4.78, 5) is 1.36. The third-order valence-electron chi connectivity index (χ3n) is 3.23. The fourth-order valence-electron chi connectivity index (χ4n) is 2.27. The van der Waals surface area contributed by atoms with Crippen molar-refractivity contribution in [3.8, 4) is 0 Å². The standard InChI is InChI=1S/C16H20FNS/c1-3-8-18-16(11-14-5-4-9-19-14)15-7-6-13(17)10-12(15)2/h4-7,9-10,16,18H,3,8,11H2,1-2H3. The van der Waals surface area contributed by atoms with Crippen LogP contribution in [0.1, 0.15) is 35.4 Å². The number of rotatable bonds is 6. The van der Waals surface area contributed by atoms with Gasteiger partial charge in [0.05, 0.1) is 0 Å². The van der Waals surface area contributed by atoms with Gasteiger partial charge in [0, 0.05) is 17.3 Å². The molecule has 1 heterocycles. The molecule has 2 aromatic rings. The van der Waals surface area contributed by atoms with Gasteiger partial charge >= 0.3 is 0 Å². The zero-order valence-electron chi connectivity index (χ0n) is 11.4. The number of halogens is 1. The van der Waals surface area contributed by atoms with E-state index in [9.17, 15) is 4.39 Å². The first kappa shape index (κ1) is 14.2. The van der Waals surface area contributed by atoms with Gasteiger partial charge in [0.2, 0.25) is 0 Å². The smallest absolute Gasteiger partial charge is 0.123 e. The highest BCUT2D eigenvalue weighted by Crippen LogP contribution is 2.24. The van der Waals surface area contributed by atoms with E-state index < -0.39 is 0 Å². The van der Waals surface area contributed by atoms with Crippen molar-refractivity contribution in [2.75, 3.05) is 6.54 Å². The van der Waals surface area contributed by atoms with Crippen LogP contribution in [0.25, 0.3) is 0 Å². The van der Waals surface area contributed by atoms with Gasteiger partial charge in [-0.2, -0.15) is 0 Å². The van der Waals surface area contributed by atoms with Gasteiger partial charge in [-0.25, -0.2) is 4.39 Å². The van der Waals surface area contributed by atoms with Gasteiger partial charge in [-0.15, -0.1) is 11.3 Å². The lowest BCUT2D eigenvalue weighted by Gasteiger charge is -2.20. The van der Waals surface area contributed by atoms with Crippen LogP contribution in [0, 0.1) is 12.7 Å². The summed E-state index contributed by atoms with van der Waals surface area (Å²) in [5.74, 6) is -0.161. The van der Waals surface area contributed by atoms with E-state index in [2.05, 4.69) is 29.8 Å². The average molecular weight is 277 g/mol. The molecule has 1 aromatic carbocycles. The second-order valence-corrected chi connectivity index (χ2v) is 5.82. The Kier molecular flexibility index (Phi) is 5.11. The van der Waals surface area contributed by atoms with Crippen molar-refractivity contribution in [1.82, 2.24) is 5.32 Å². The summed E-state index contributed by atoms with van der Waals surface area (Å²) in [5.41, 5.74) is 2.22. The monoisotopic (exact) mass is 277 g/mol. The summed E-state index contributed by atoms with van der Waals surface area (Å²) in [7, 11) is 0. The van der Waals surface area contributed by atoms with E-state index >= 15 is 0 Å². The highest BCUT2D eigenvalue weighted by molar-refractivity contribution is 7.09. The maximum absolute atomic E-state index is 13.2. The molecule has 0 spiro atoms. The molecule has 0 bridgehead atoms. The lowest BCUT2D eigenvalue weighted by atomic mass is 9.98. The Labute approximate surface area is 118 Å². The molecule has 1 N–H and O–H groups in total. The fourth-order valence-corrected chi connectivity index (χ4v) is 3.02. The van der Waals surface area contributed by atoms with Gasteiger partial charge in [-0.1, -0.05) is 19.1 Å². The molecule has 1 nitrogen and oxygen atoms in total. The highest BCUT2D eigenvalue weighted by Gasteiger charge is 2.14. The number of thiophene rings is 1. The van der Waals surface area contributed by atoms with Crippen molar-refractivity contribution in [3.05, 3.63) is 57.5 Å². The number of hydrogen-bond acceptors (Lipinski definition) is 2. The Balaban J connectivity index is 2.20. The van der Waals surface area contributed by atoms with Crippen molar-refractivity contribution in [1.29, 1.82) is 0 Å². The topological polar surface area (TPSA) is 12.0 Å².